The average molecular weight is 229 g/mol. The minimum absolute atomic E-state index is 0.159. The van der Waals surface area contributed by atoms with Crippen molar-refractivity contribution in [2.75, 3.05) is 12.4 Å². The smallest absolute Gasteiger partial charge is 0.124 e. The summed E-state index contributed by atoms with van der Waals surface area (Å²) in [5.74, 6) is 0.751. The molecule has 0 radical (unpaired) electrons. The zero-order chi connectivity index (χ0) is 11.3. The van der Waals surface area contributed by atoms with E-state index < -0.39 is 0 Å². The molecule has 1 atom stereocenters. The maximum Gasteiger partial charge on any atom is 0.124 e. The number of aliphatic hydroxyl groups is 1. The highest BCUT2D eigenvalue weighted by Gasteiger charge is 2.04. The number of rotatable bonds is 5. The molecule has 3 N–H and O–H groups in total. The van der Waals surface area contributed by atoms with E-state index in [0.29, 0.717) is 6.54 Å². The molecule has 2 nitrogen and oxygen atoms in total. The number of halogens is 1. The molecule has 84 valence electrons. The molecule has 0 heterocycles. The number of benzene rings is 1. The Morgan fingerprint density at radius 1 is 1.47 bits per heavy atom. The molecule has 15 heavy (non-hydrogen) atoms. The second-order valence-electron chi connectivity index (χ2n) is 3.60. The first-order chi connectivity index (χ1) is 7.15. The fourth-order valence-corrected chi connectivity index (χ4v) is 2.13. The van der Waals surface area contributed by atoms with E-state index in [9.17, 15) is 4.39 Å². The summed E-state index contributed by atoms with van der Waals surface area (Å²) in [6.07, 6.45) is 0. The van der Waals surface area contributed by atoms with Crippen LogP contribution >= 0.6 is 11.8 Å². The quantitative estimate of drug-likeness (QED) is 0.759. The summed E-state index contributed by atoms with van der Waals surface area (Å²) in [6, 6.07) is 4.82. The molecule has 1 aromatic rings. The van der Waals surface area contributed by atoms with Crippen LogP contribution in [0, 0.1) is 11.7 Å². The van der Waals surface area contributed by atoms with Gasteiger partial charge in [-0.3, -0.25) is 0 Å². The van der Waals surface area contributed by atoms with Gasteiger partial charge in [0.15, 0.2) is 0 Å². The molecule has 4 heteroatoms. The van der Waals surface area contributed by atoms with Crippen molar-refractivity contribution in [2.24, 2.45) is 11.7 Å². The van der Waals surface area contributed by atoms with Crippen LogP contribution in [0.15, 0.2) is 23.1 Å². The van der Waals surface area contributed by atoms with Crippen molar-refractivity contribution in [3.8, 4) is 0 Å². The summed E-state index contributed by atoms with van der Waals surface area (Å²) in [4.78, 5) is 0.871. The van der Waals surface area contributed by atoms with Crippen LogP contribution in [0.2, 0.25) is 0 Å². The van der Waals surface area contributed by atoms with Gasteiger partial charge in [-0.25, -0.2) is 4.39 Å². The van der Waals surface area contributed by atoms with Crippen molar-refractivity contribution in [3.05, 3.63) is 29.6 Å². The summed E-state index contributed by atoms with van der Waals surface area (Å²) in [5, 5.41) is 8.86. The highest BCUT2D eigenvalue weighted by Crippen LogP contribution is 2.22. The lowest BCUT2D eigenvalue weighted by Crippen LogP contribution is -2.03. The lowest BCUT2D eigenvalue weighted by atomic mass is 10.2. The molecule has 0 fully saturated rings. The Bertz CT molecular complexity index is 319. The van der Waals surface area contributed by atoms with Crippen molar-refractivity contribution >= 4 is 11.8 Å². The van der Waals surface area contributed by atoms with Crippen LogP contribution in [0.25, 0.3) is 0 Å². The van der Waals surface area contributed by atoms with Gasteiger partial charge in [-0.1, -0.05) is 6.92 Å². The van der Waals surface area contributed by atoms with Crippen LogP contribution in [0.4, 0.5) is 4.39 Å². The first kappa shape index (κ1) is 12.5. The van der Waals surface area contributed by atoms with Gasteiger partial charge < -0.3 is 10.8 Å². The van der Waals surface area contributed by atoms with E-state index in [1.54, 1.807) is 11.8 Å². The first-order valence-corrected chi connectivity index (χ1v) is 5.87. The molecule has 0 saturated carbocycles. The molecule has 1 aromatic carbocycles. The van der Waals surface area contributed by atoms with E-state index in [2.05, 4.69) is 0 Å². The van der Waals surface area contributed by atoms with E-state index >= 15 is 0 Å². The largest absolute Gasteiger partial charge is 0.396 e. The van der Waals surface area contributed by atoms with Crippen LogP contribution in [0.3, 0.4) is 0 Å². The van der Waals surface area contributed by atoms with Gasteiger partial charge in [0.05, 0.1) is 0 Å². The SMILES string of the molecule is CC(CO)CSc1cc(F)cc(CN)c1. The summed E-state index contributed by atoms with van der Waals surface area (Å²) in [7, 11) is 0. The maximum atomic E-state index is 13.1. The third-order valence-electron chi connectivity index (χ3n) is 2.01. The molecular weight excluding hydrogens is 213 g/mol. The van der Waals surface area contributed by atoms with Gasteiger partial charge in [-0.15, -0.1) is 11.8 Å². The van der Waals surface area contributed by atoms with Crippen molar-refractivity contribution in [1.82, 2.24) is 0 Å². The van der Waals surface area contributed by atoms with Crippen molar-refractivity contribution in [1.29, 1.82) is 0 Å². The molecular formula is C11H16FNOS. The zero-order valence-corrected chi connectivity index (χ0v) is 9.56. The average Bonchev–Trinajstić information content (AvgIpc) is 2.25. The van der Waals surface area contributed by atoms with E-state index in [1.165, 1.54) is 12.1 Å². The van der Waals surface area contributed by atoms with Gasteiger partial charge in [-0.2, -0.15) is 0 Å². The van der Waals surface area contributed by atoms with Crippen molar-refractivity contribution in [2.45, 2.75) is 18.4 Å². The number of aliphatic hydroxyl groups excluding tert-OH is 1. The highest BCUT2D eigenvalue weighted by atomic mass is 32.2. The zero-order valence-electron chi connectivity index (χ0n) is 8.74. The van der Waals surface area contributed by atoms with Crippen molar-refractivity contribution < 1.29 is 9.50 Å². The second kappa shape index (κ2) is 6.10. The fraction of sp³-hybridized carbons (Fsp3) is 0.455. The van der Waals surface area contributed by atoms with Gasteiger partial charge in [0.1, 0.15) is 5.82 Å². The van der Waals surface area contributed by atoms with Gasteiger partial charge in [-0.05, 0) is 29.7 Å². The van der Waals surface area contributed by atoms with Crippen LogP contribution < -0.4 is 5.73 Å². The van der Waals surface area contributed by atoms with Crippen molar-refractivity contribution in [3.63, 3.8) is 0 Å². The summed E-state index contributed by atoms with van der Waals surface area (Å²) in [5.41, 5.74) is 6.25. The van der Waals surface area contributed by atoms with E-state index in [4.69, 9.17) is 10.8 Å². The van der Waals surface area contributed by atoms with Crippen LogP contribution in [-0.4, -0.2) is 17.5 Å². The Morgan fingerprint density at radius 3 is 2.80 bits per heavy atom. The Morgan fingerprint density at radius 2 is 2.20 bits per heavy atom. The lowest BCUT2D eigenvalue weighted by Gasteiger charge is -2.08. The Kier molecular flexibility index (Phi) is 5.08. The molecule has 0 aromatic heterocycles. The molecule has 0 amide bonds. The van der Waals surface area contributed by atoms with Crippen LogP contribution in [0.1, 0.15) is 12.5 Å². The van der Waals surface area contributed by atoms with E-state index in [-0.39, 0.29) is 18.3 Å². The van der Waals surface area contributed by atoms with Gasteiger partial charge in [0.2, 0.25) is 0 Å². The van der Waals surface area contributed by atoms with Gasteiger partial charge in [0.25, 0.3) is 0 Å². The fourth-order valence-electron chi connectivity index (χ4n) is 1.11. The summed E-state index contributed by atoms with van der Waals surface area (Å²) >= 11 is 1.54. The molecule has 1 unspecified atom stereocenters. The van der Waals surface area contributed by atoms with E-state index in [1.807, 2.05) is 13.0 Å². The Balaban J connectivity index is 2.64. The topological polar surface area (TPSA) is 46.2 Å². The van der Waals surface area contributed by atoms with Crippen LogP contribution in [0.5, 0.6) is 0 Å². The molecule has 1 rings (SSSR count). The second-order valence-corrected chi connectivity index (χ2v) is 4.69. The Hall–Kier alpha value is -0.580. The van der Waals surface area contributed by atoms with E-state index in [0.717, 1.165) is 16.2 Å². The first-order valence-electron chi connectivity index (χ1n) is 4.89. The third-order valence-corrected chi connectivity index (χ3v) is 3.32. The number of thioether (sulfide) groups is 1. The number of hydrogen-bond acceptors (Lipinski definition) is 3. The monoisotopic (exact) mass is 229 g/mol. The normalized spacial score (nSPS) is 12.8. The maximum absolute atomic E-state index is 13.1. The van der Waals surface area contributed by atoms with Gasteiger partial charge in [0, 0.05) is 23.8 Å². The summed E-state index contributed by atoms with van der Waals surface area (Å²) in [6.45, 7) is 2.46. The Labute approximate surface area is 93.7 Å². The molecule has 0 aliphatic heterocycles. The molecule has 0 spiro atoms. The highest BCUT2D eigenvalue weighted by molar-refractivity contribution is 7.99. The molecule has 0 bridgehead atoms. The predicted molar refractivity (Wildman–Crippen MR) is 61.3 cm³/mol. The molecule has 0 aliphatic rings. The number of hydrogen-bond donors (Lipinski definition) is 2. The summed E-state index contributed by atoms with van der Waals surface area (Å²) < 4.78 is 13.1. The standard InChI is InChI=1S/C11H16FNOS/c1-8(6-14)7-15-11-3-9(5-13)2-10(12)4-11/h2-4,8,14H,5-7,13H2,1H3. The van der Waals surface area contributed by atoms with Gasteiger partial charge >= 0.3 is 0 Å². The minimum atomic E-state index is -0.253. The lowest BCUT2D eigenvalue weighted by molar-refractivity contribution is 0.250. The number of nitrogens with two attached hydrogens (primary N) is 1. The minimum Gasteiger partial charge on any atom is -0.396 e. The predicted octanol–water partition coefficient (Wildman–Crippen LogP) is 2.00. The molecule has 0 aliphatic carbocycles. The van der Waals surface area contributed by atoms with Crippen LogP contribution in [-0.2, 0) is 6.54 Å². The third kappa shape index (κ3) is 4.20. The molecule has 0 saturated heterocycles.